The maximum Gasteiger partial charge on any atom is 0.222 e. The number of carbonyl (C=O) groups is 1. The number of nitrogens with zero attached hydrogens (tertiary/aromatic N) is 1. The Bertz CT molecular complexity index is 674. The van der Waals surface area contributed by atoms with Gasteiger partial charge in [-0.3, -0.25) is 4.79 Å². The van der Waals surface area contributed by atoms with Gasteiger partial charge in [0.15, 0.2) is 0 Å². The van der Waals surface area contributed by atoms with E-state index in [1.807, 2.05) is 62.1 Å². The Kier molecular flexibility index (Phi) is 7.96. The van der Waals surface area contributed by atoms with Crippen LogP contribution in [0.3, 0.4) is 0 Å². The Hall–Kier alpha value is -2.23. The Morgan fingerprint density at radius 2 is 1.81 bits per heavy atom. The Balaban J connectivity index is 2.03. The van der Waals surface area contributed by atoms with E-state index in [1.165, 1.54) is 0 Å². The van der Waals surface area contributed by atoms with Crippen LogP contribution in [0.25, 0.3) is 0 Å². The lowest BCUT2D eigenvalue weighted by Crippen LogP contribution is -2.32. The molecule has 1 aromatic heterocycles. The molecule has 0 aliphatic heterocycles. The van der Waals surface area contributed by atoms with Crippen molar-refractivity contribution < 1.29 is 13.9 Å². The SMILES string of the molecule is CCC(=O)N(CC[C@H](c1ccco1)C(C)C)Cc1ccc(OC(C)C)cc1. The molecule has 1 aromatic carbocycles. The summed E-state index contributed by atoms with van der Waals surface area (Å²) < 4.78 is 11.3. The first-order chi connectivity index (χ1) is 12.9. The molecule has 0 N–H and O–H groups in total. The van der Waals surface area contributed by atoms with Crippen LogP contribution in [0.2, 0.25) is 0 Å². The van der Waals surface area contributed by atoms with Gasteiger partial charge in [0.2, 0.25) is 5.91 Å². The molecular weight excluding hydrogens is 338 g/mol. The molecule has 1 amide bonds. The minimum atomic E-state index is 0.156. The van der Waals surface area contributed by atoms with Gasteiger partial charge in [0.05, 0.1) is 12.4 Å². The molecule has 0 aliphatic carbocycles. The first-order valence-corrected chi connectivity index (χ1v) is 9.97. The van der Waals surface area contributed by atoms with Gasteiger partial charge < -0.3 is 14.1 Å². The predicted molar refractivity (Wildman–Crippen MR) is 109 cm³/mol. The van der Waals surface area contributed by atoms with Crippen molar-refractivity contribution in [3.63, 3.8) is 0 Å². The summed E-state index contributed by atoms with van der Waals surface area (Å²) in [7, 11) is 0. The Morgan fingerprint density at radius 3 is 2.33 bits per heavy atom. The molecule has 4 nitrogen and oxygen atoms in total. The molecule has 0 fully saturated rings. The number of hydrogen-bond donors (Lipinski definition) is 0. The van der Waals surface area contributed by atoms with E-state index in [4.69, 9.17) is 9.15 Å². The third-order valence-electron chi connectivity index (χ3n) is 4.75. The first kappa shape index (κ1) is 21.1. The topological polar surface area (TPSA) is 42.7 Å². The normalized spacial score (nSPS) is 12.4. The van der Waals surface area contributed by atoms with Crippen molar-refractivity contribution in [3.05, 3.63) is 54.0 Å². The second-order valence-corrected chi connectivity index (χ2v) is 7.63. The number of rotatable bonds is 10. The van der Waals surface area contributed by atoms with Crippen LogP contribution in [-0.2, 0) is 11.3 Å². The van der Waals surface area contributed by atoms with Crippen molar-refractivity contribution in [3.8, 4) is 5.75 Å². The third-order valence-corrected chi connectivity index (χ3v) is 4.75. The smallest absolute Gasteiger partial charge is 0.222 e. The third kappa shape index (κ3) is 6.46. The highest BCUT2D eigenvalue weighted by Gasteiger charge is 2.21. The summed E-state index contributed by atoms with van der Waals surface area (Å²) in [6.45, 7) is 11.7. The van der Waals surface area contributed by atoms with Gasteiger partial charge in [0.25, 0.3) is 0 Å². The van der Waals surface area contributed by atoms with Crippen LogP contribution in [0, 0.1) is 5.92 Å². The van der Waals surface area contributed by atoms with Crippen molar-refractivity contribution in [1.29, 1.82) is 0 Å². The fraction of sp³-hybridized carbons (Fsp3) is 0.522. The second kappa shape index (κ2) is 10.2. The minimum Gasteiger partial charge on any atom is -0.491 e. The van der Waals surface area contributed by atoms with E-state index in [0.29, 0.717) is 24.8 Å². The van der Waals surface area contributed by atoms with Crippen LogP contribution >= 0.6 is 0 Å². The van der Waals surface area contributed by atoms with Gasteiger partial charge >= 0.3 is 0 Å². The maximum atomic E-state index is 12.5. The lowest BCUT2D eigenvalue weighted by molar-refractivity contribution is -0.131. The minimum absolute atomic E-state index is 0.156. The van der Waals surface area contributed by atoms with Crippen LogP contribution in [0.4, 0.5) is 0 Å². The van der Waals surface area contributed by atoms with E-state index in [1.54, 1.807) is 6.26 Å². The number of furan rings is 1. The zero-order valence-corrected chi connectivity index (χ0v) is 17.3. The lowest BCUT2D eigenvalue weighted by atomic mass is 9.90. The van der Waals surface area contributed by atoms with Crippen molar-refractivity contribution in [2.45, 2.75) is 66.0 Å². The highest BCUT2D eigenvalue weighted by molar-refractivity contribution is 5.75. The standard InChI is InChI=1S/C23H33NO3/c1-6-23(25)24(14-13-21(17(2)3)22-8-7-15-26-22)16-19-9-11-20(12-10-19)27-18(4)5/h7-12,15,17-18,21H,6,13-14,16H2,1-5H3/t21-/m0/s1. The van der Waals surface area contributed by atoms with Gasteiger partial charge in [0.1, 0.15) is 11.5 Å². The van der Waals surface area contributed by atoms with Crippen molar-refractivity contribution >= 4 is 5.91 Å². The van der Waals surface area contributed by atoms with Crippen LogP contribution in [0.5, 0.6) is 5.75 Å². The predicted octanol–water partition coefficient (Wildman–Crippen LogP) is 5.64. The summed E-state index contributed by atoms with van der Waals surface area (Å²) in [5, 5.41) is 0. The number of amides is 1. The number of hydrogen-bond acceptors (Lipinski definition) is 3. The van der Waals surface area contributed by atoms with E-state index in [2.05, 4.69) is 13.8 Å². The molecule has 0 bridgehead atoms. The summed E-state index contributed by atoms with van der Waals surface area (Å²) in [6.07, 6.45) is 3.29. The maximum absolute atomic E-state index is 12.5. The molecule has 1 heterocycles. The summed E-state index contributed by atoms with van der Waals surface area (Å²) in [6, 6.07) is 12.0. The van der Waals surface area contributed by atoms with E-state index >= 15 is 0 Å². The molecule has 0 radical (unpaired) electrons. The van der Waals surface area contributed by atoms with Crippen molar-refractivity contribution in [1.82, 2.24) is 4.90 Å². The summed E-state index contributed by atoms with van der Waals surface area (Å²) in [4.78, 5) is 14.4. The van der Waals surface area contributed by atoms with E-state index in [0.717, 1.165) is 30.0 Å². The fourth-order valence-corrected chi connectivity index (χ4v) is 3.28. The lowest BCUT2D eigenvalue weighted by Gasteiger charge is -2.26. The molecule has 1 atom stereocenters. The van der Waals surface area contributed by atoms with Crippen molar-refractivity contribution in [2.75, 3.05) is 6.54 Å². The van der Waals surface area contributed by atoms with Crippen molar-refractivity contribution in [2.24, 2.45) is 5.92 Å². The van der Waals surface area contributed by atoms with Gasteiger partial charge in [-0.25, -0.2) is 0 Å². The molecule has 2 rings (SSSR count). The average molecular weight is 372 g/mol. The van der Waals surface area contributed by atoms with E-state index in [-0.39, 0.29) is 12.0 Å². The Labute approximate surface area is 163 Å². The van der Waals surface area contributed by atoms with Gasteiger partial charge in [-0.2, -0.15) is 0 Å². The zero-order valence-electron chi connectivity index (χ0n) is 17.3. The van der Waals surface area contributed by atoms with Crippen LogP contribution in [0.15, 0.2) is 47.1 Å². The Morgan fingerprint density at radius 1 is 1.11 bits per heavy atom. The molecule has 4 heteroatoms. The van der Waals surface area contributed by atoms with Crippen LogP contribution in [0.1, 0.15) is 64.7 Å². The average Bonchev–Trinajstić information content (AvgIpc) is 3.15. The van der Waals surface area contributed by atoms with Gasteiger partial charge in [-0.15, -0.1) is 0 Å². The highest BCUT2D eigenvalue weighted by atomic mass is 16.5. The summed E-state index contributed by atoms with van der Waals surface area (Å²) >= 11 is 0. The monoisotopic (exact) mass is 371 g/mol. The quantitative estimate of drug-likeness (QED) is 0.543. The molecule has 0 spiro atoms. The first-order valence-electron chi connectivity index (χ1n) is 9.97. The fourth-order valence-electron chi connectivity index (χ4n) is 3.28. The summed E-state index contributed by atoms with van der Waals surface area (Å²) in [5.41, 5.74) is 1.12. The van der Waals surface area contributed by atoms with Crippen LogP contribution in [-0.4, -0.2) is 23.5 Å². The zero-order chi connectivity index (χ0) is 19.8. The van der Waals surface area contributed by atoms with E-state index in [9.17, 15) is 4.79 Å². The van der Waals surface area contributed by atoms with E-state index < -0.39 is 0 Å². The van der Waals surface area contributed by atoms with Gasteiger partial charge in [-0.1, -0.05) is 32.9 Å². The number of benzene rings is 1. The van der Waals surface area contributed by atoms with Gasteiger partial charge in [-0.05, 0) is 56.0 Å². The molecule has 0 unspecified atom stereocenters. The summed E-state index contributed by atoms with van der Waals surface area (Å²) in [5.74, 6) is 2.82. The molecule has 2 aromatic rings. The molecule has 27 heavy (non-hydrogen) atoms. The largest absolute Gasteiger partial charge is 0.491 e. The molecule has 0 saturated heterocycles. The molecule has 0 aliphatic rings. The van der Waals surface area contributed by atoms with Crippen LogP contribution < -0.4 is 4.74 Å². The van der Waals surface area contributed by atoms with Gasteiger partial charge in [0, 0.05) is 25.4 Å². The molecule has 0 saturated carbocycles. The molecule has 148 valence electrons. The second-order valence-electron chi connectivity index (χ2n) is 7.63. The highest BCUT2D eigenvalue weighted by Crippen LogP contribution is 2.29. The number of ether oxygens (including phenoxy) is 1. The molecular formula is C23H33NO3. The number of carbonyl (C=O) groups excluding carboxylic acids is 1.